The van der Waals surface area contributed by atoms with Crippen LogP contribution < -0.4 is 4.72 Å². The van der Waals surface area contributed by atoms with Gasteiger partial charge in [-0.25, -0.2) is 30.8 Å². The number of H-pyrrole nitrogens is 1. The van der Waals surface area contributed by atoms with E-state index in [1.165, 1.54) is 18.2 Å². The molecule has 0 aliphatic carbocycles. The Morgan fingerprint density at radius 3 is 2.02 bits per heavy atom. The van der Waals surface area contributed by atoms with Crippen LogP contribution in [0.4, 0.5) is 23.2 Å². The van der Waals surface area contributed by atoms with Crippen LogP contribution in [0, 0.1) is 29.2 Å². The van der Waals surface area contributed by atoms with Gasteiger partial charge in [-0.05, 0) is 122 Å². The third kappa shape index (κ3) is 10.1. The zero-order valence-electron chi connectivity index (χ0n) is 29.0. The summed E-state index contributed by atoms with van der Waals surface area (Å²) in [4.78, 5) is 33.1. The van der Waals surface area contributed by atoms with Gasteiger partial charge in [0, 0.05) is 66.2 Å². The average Bonchev–Trinajstić information content (AvgIpc) is 3.52. The van der Waals surface area contributed by atoms with Gasteiger partial charge in [0.05, 0.1) is 6.26 Å². The maximum Gasteiger partial charge on any atom is 0.330 e. The first-order valence-electron chi connectivity index (χ1n) is 17.4. The highest BCUT2D eigenvalue weighted by Crippen LogP contribution is 2.36. The number of piperidine rings is 2. The Balaban J connectivity index is 1.12. The zero-order valence-corrected chi connectivity index (χ0v) is 29.9. The second kappa shape index (κ2) is 16.4. The van der Waals surface area contributed by atoms with Gasteiger partial charge in [-0.3, -0.25) is 14.4 Å². The lowest BCUT2D eigenvalue weighted by atomic mass is 9.84. The van der Waals surface area contributed by atoms with E-state index < -0.39 is 39.3 Å². The number of carbonyl (C=O) groups excluding carboxylic acids is 2. The van der Waals surface area contributed by atoms with Crippen molar-refractivity contribution < 1.29 is 40.3 Å². The monoisotopic (exact) mass is 752 g/mol. The number of anilines is 1. The van der Waals surface area contributed by atoms with Gasteiger partial charge in [0.15, 0.2) is 0 Å². The Morgan fingerprint density at radius 2 is 1.43 bits per heavy atom. The molecular weight excluding hydrogens is 713 g/mol. The lowest BCUT2D eigenvalue weighted by Gasteiger charge is -2.43. The fourth-order valence-electron chi connectivity index (χ4n) is 7.34. The van der Waals surface area contributed by atoms with Crippen molar-refractivity contribution in [3.05, 3.63) is 113 Å². The molecular formula is C39H40F4N4O5S. The van der Waals surface area contributed by atoms with Crippen molar-refractivity contribution >= 4 is 50.6 Å². The van der Waals surface area contributed by atoms with Crippen molar-refractivity contribution in [1.82, 2.24) is 14.8 Å². The summed E-state index contributed by atoms with van der Waals surface area (Å²) >= 11 is 0. The van der Waals surface area contributed by atoms with Gasteiger partial charge >= 0.3 is 5.97 Å². The van der Waals surface area contributed by atoms with Crippen LogP contribution in [-0.4, -0.2) is 80.2 Å². The van der Waals surface area contributed by atoms with E-state index in [1.807, 2.05) is 18.3 Å². The summed E-state index contributed by atoms with van der Waals surface area (Å²) in [5.41, 5.74) is 2.91. The number of likely N-dealkylation sites (tertiary alicyclic amines) is 2. The summed E-state index contributed by atoms with van der Waals surface area (Å²) in [7, 11) is -3.44. The highest BCUT2D eigenvalue weighted by atomic mass is 32.2. The minimum Gasteiger partial charge on any atom is -0.461 e. The van der Waals surface area contributed by atoms with Crippen LogP contribution in [0.2, 0.25) is 0 Å². The Kier molecular flexibility index (Phi) is 11.7. The molecule has 0 spiro atoms. The number of hydrogen-bond donors (Lipinski definition) is 2. The number of benzene rings is 3. The molecule has 2 saturated heterocycles. The third-order valence-corrected chi connectivity index (χ3v) is 10.5. The topological polar surface area (TPSA) is 112 Å². The molecule has 1 aromatic heterocycles. The van der Waals surface area contributed by atoms with Gasteiger partial charge < -0.3 is 14.6 Å². The van der Waals surface area contributed by atoms with Gasteiger partial charge in [-0.2, -0.15) is 0 Å². The number of aromatic nitrogens is 1. The standard InChI is InChI=1S/C39H40F4N4O5S/c1-53(50,51)45-33-4-5-36-34(22-33)35(23-44-36)27-8-12-46(13-9-27)37(24-52-39(49)7-3-26-18-31(42)21-32(43)19-26)28-10-14-47(15-11-28)38(48)6-2-25-16-29(40)20-30(41)17-25/h2-7,16-23,27-28,37,44-45H,8-15,24H2,1H3. The highest BCUT2D eigenvalue weighted by Gasteiger charge is 2.35. The maximum atomic E-state index is 13.6. The predicted octanol–water partition coefficient (Wildman–Crippen LogP) is 6.85. The molecule has 0 radical (unpaired) electrons. The van der Waals surface area contributed by atoms with Crippen molar-refractivity contribution in [3.63, 3.8) is 0 Å². The van der Waals surface area contributed by atoms with Gasteiger partial charge in [0.25, 0.3) is 0 Å². The van der Waals surface area contributed by atoms with Crippen LogP contribution in [0.25, 0.3) is 23.1 Å². The smallest absolute Gasteiger partial charge is 0.330 e. The molecule has 1 atom stereocenters. The first-order valence-corrected chi connectivity index (χ1v) is 19.3. The molecule has 1 amide bonds. The van der Waals surface area contributed by atoms with Crippen LogP contribution in [0.5, 0.6) is 0 Å². The predicted molar refractivity (Wildman–Crippen MR) is 195 cm³/mol. The Morgan fingerprint density at radius 1 is 0.849 bits per heavy atom. The summed E-state index contributed by atoms with van der Waals surface area (Å²) in [5, 5.41) is 0.946. The molecule has 0 bridgehead atoms. The summed E-state index contributed by atoms with van der Waals surface area (Å²) in [6.07, 6.45) is 11.1. The van der Waals surface area contributed by atoms with Crippen LogP contribution in [0.3, 0.4) is 0 Å². The Hall–Kier alpha value is -4.95. The van der Waals surface area contributed by atoms with Crippen molar-refractivity contribution in [3.8, 4) is 0 Å². The number of esters is 1. The molecule has 2 fully saturated rings. The number of ether oxygens (including phenoxy) is 1. The lowest BCUT2D eigenvalue weighted by molar-refractivity contribution is -0.140. The first kappa shape index (κ1) is 37.8. The van der Waals surface area contributed by atoms with E-state index >= 15 is 0 Å². The van der Waals surface area contributed by atoms with Gasteiger partial charge in [-0.1, -0.05) is 0 Å². The number of sulfonamides is 1. The number of halogens is 4. The second-order valence-electron chi connectivity index (χ2n) is 13.6. The van der Waals surface area contributed by atoms with Gasteiger partial charge in [0.2, 0.25) is 15.9 Å². The second-order valence-corrected chi connectivity index (χ2v) is 15.4. The van der Waals surface area contributed by atoms with Crippen molar-refractivity contribution in [2.24, 2.45) is 5.92 Å². The molecule has 1 unspecified atom stereocenters. The van der Waals surface area contributed by atoms with E-state index in [1.54, 1.807) is 11.0 Å². The number of nitrogens with zero attached hydrogens (tertiary/aromatic N) is 2. The molecule has 2 aliphatic heterocycles. The fraction of sp³-hybridized carbons (Fsp3) is 0.333. The number of rotatable bonds is 11. The molecule has 9 nitrogen and oxygen atoms in total. The largest absolute Gasteiger partial charge is 0.461 e. The van der Waals surface area contributed by atoms with E-state index in [2.05, 4.69) is 14.6 Å². The number of nitrogens with one attached hydrogen (secondary N) is 2. The van der Waals surface area contributed by atoms with E-state index in [4.69, 9.17) is 4.74 Å². The van der Waals surface area contributed by atoms with Crippen molar-refractivity contribution in [1.29, 1.82) is 0 Å². The number of amides is 1. The summed E-state index contributed by atoms with van der Waals surface area (Å²) in [6, 6.07) is 11.2. The van der Waals surface area contributed by atoms with Crippen molar-refractivity contribution in [2.45, 2.75) is 37.6 Å². The molecule has 4 aromatic rings. The normalized spacial score (nSPS) is 17.2. The zero-order chi connectivity index (χ0) is 37.7. The van der Waals surface area contributed by atoms with E-state index in [9.17, 15) is 35.6 Å². The quantitative estimate of drug-likeness (QED) is 0.0986. The minimum absolute atomic E-state index is 0.0720. The van der Waals surface area contributed by atoms with Gasteiger partial charge in [0.1, 0.15) is 29.9 Å². The maximum absolute atomic E-state index is 13.6. The number of aromatic amines is 1. The summed E-state index contributed by atoms with van der Waals surface area (Å²) in [5.74, 6) is -3.64. The minimum atomic E-state index is -3.44. The van der Waals surface area contributed by atoms with Crippen LogP contribution in [0.1, 0.15) is 48.3 Å². The summed E-state index contributed by atoms with van der Waals surface area (Å²) in [6.45, 7) is 2.35. The summed E-state index contributed by atoms with van der Waals surface area (Å²) < 4.78 is 86.4. The number of fused-ring (bicyclic) bond motifs is 1. The van der Waals surface area contributed by atoms with E-state index in [0.29, 0.717) is 44.7 Å². The van der Waals surface area contributed by atoms with Gasteiger partial charge in [-0.15, -0.1) is 0 Å². The van der Waals surface area contributed by atoms with Crippen LogP contribution in [0.15, 0.2) is 72.9 Å². The van der Waals surface area contributed by atoms with Crippen LogP contribution in [-0.2, 0) is 24.3 Å². The van der Waals surface area contributed by atoms with E-state index in [-0.39, 0.29) is 41.5 Å². The molecule has 14 heteroatoms. The number of hydrogen-bond acceptors (Lipinski definition) is 6. The molecule has 3 aromatic carbocycles. The molecule has 53 heavy (non-hydrogen) atoms. The molecule has 0 saturated carbocycles. The fourth-order valence-corrected chi connectivity index (χ4v) is 7.89. The molecule has 280 valence electrons. The highest BCUT2D eigenvalue weighted by molar-refractivity contribution is 7.92. The molecule has 6 rings (SSSR count). The molecule has 2 aliphatic rings. The molecule has 3 heterocycles. The SMILES string of the molecule is CS(=O)(=O)Nc1ccc2[nH]cc(C3CCN(C(COC(=O)C=Cc4cc(F)cc(F)c4)C4CCN(C(=O)C=Cc5cc(F)cc(F)c5)CC4)CC3)c2c1. The first-order chi connectivity index (χ1) is 25.3. The average molecular weight is 753 g/mol. The molecule has 2 N–H and O–H groups in total. The third-order valence-electron chi connectivity index (χ3n) is 9.85. The van der Waals surface area contributed by atoms with Crippen molar-refractivity contribution in [2.75, 3.05) is 43.8 Å². The van der Waals surface area contributed by atoms with E-state index in [0.717, 1.165) is 78.0 Å². The van der Waals surface area contributed by atoms with Crippen LogP contribution >= 0.6 is 0 Å². The number of carbonyl (C=O) groups is 2. The Bertz CT molecular complexity index is 2100. The Labute approximate surface area is 305 Å². The lowest BCUT2D eigenvalue weighted by Crippen LogP contribution is -2.51.